The molecular formula is C10H17N. The van der Waals surface area contributed by atoms with E-state index in [1.54, 1.807) is 5.57 Å². The molecule has 0 aliphatic heterocycles. The zero-order valence-corrected chi connectivity index (χ0v) is 7.27. The Hall–Kier alpha value is -0.300. The van der Waals surface area contributed by atoms with E-state index in [2.05, 4.69) is 18.4 Å². The Kier molecular flexibility index (Phi) is 1.99. The topological polar surface area (TPSA) is 12.0 Å². The van der Waals surface area contributed by atoms with Crippen molar-refractivity contribution in [2.45, 2.75) is 38.1 Å². The van der Waals surface area contributed by atoms with Crippen LogP contribution in [0.25, 0.3) is 0 Å². The molecule has 0 heterocycles. The molecule has 62 valence electrons. The van der Waals surface area contributed by atoms with E-state index in [1.165, 1.54) is 32.1 Å². The van der Waals surface area contributed by atoms with E-state index in [9.17, 15) is 0 Å². The van der Waals surface area contributed by atoms with Crippen molar-refractivity contribution in [3.05, 3.63) is 11.6 Å². The summed E-state index contributed by atoms with van der Waals surface area (Å²) in [6.07, 6.45) is 9.40. The van der Waals surface area contributed by atoms with Gasteiger partial charge in [0, 0.05) is 6.04 Å². The Labute approximate surface area is 68.9 Å². The zero-order valence-electron chi connectivity index (χ0n) is 7.27. The van der Waals surface area contributed by atoms with Crippen molar-refractivity contribution in [3.63, 3.8) is 0 Å². The zero-order chi connectivity index (χ0) is 7.68. The Morgan fingerprint density at radius 3 is 2.82 bits per heavy atom. The second-order valence-corrected chi connectivity index (χ2v) is 3.78. The van der Waals surface area contributed by atoms with E-state index >= 15 is 0 Å². The third kappa shape index (κ3) is 1.48. The summed E-state index contributed by atoms with van der Waals surface area (Å²) in [5, 5.41) is 3.44. The van der Waals surface area contributed by atoms with Gasteiger partial charge in [0.05, 0.1) is 0 Å². The van der Waals surface area contributed by atoms with Crippen LogP contribution in [0.2, 0.25) is 0 Å². The van der Waals surface area contributed by atoms with Crippen LogP contribution in [-0.2, 0) is 0 Å². The molecule has 0 amide bonds. The molecule has 2 aliphatic carbocycles. The lowest BCUT2D eigenvalue weighted by Gasteiger charge is -2.16. The van der Waals surface area contributed by atoms with E-state index < -0.39 is 0 Å². The summed E-state index contributed by atoms with van der Waals surface area (Å²) in [6, 6.07) is 0.734. The second kappa shape index (κ2) is 2.98. The average Bonchev–Trinajstić information content (AvgIpc) is 2.68. The number of allylic oxidation sites excluding steroid dienone is 1. The maximum atomic E-state index is 3.44. The van der Waals surface area contributed by atoms with Gasteiger partial charge < -0.3 is 5.32 Å². The Morgan fingerprint density at radius 1 is 1.55 bits per heavy atom. The monoisotopic (exact) mass is 151 g/mol. The van der Waals surface area contributed by atoms with Crippen molar-refractivity contribution < 1.29 is 0 Å². The standard InChI is InChI=1S/C10H17N/c1-11-10(9-6-7-9)8-4-2-3-5-8/h4,9-11H,2-3,5-7H2,1H3. The van der Waals surface area contributed by atoms with E-state index in [1.807, 2.05) is 0 Å². The van der Waals surface area contributed by atoms with Crippen molar-refractivity contribution >= 4 is 0 Å². The molecule has 0 saturated heterocycles. The molecule has 0 aromatic rings. The van der Waals surface area contributed by atoms with E-state index in [0.717, 1.165) is 12.0 Å². The van der Waals surface area contributed by atoms with Gasteiger partial charge in [-0.15, -0.1) is 0 Å². The van der Waals surface area contributed by atoms with Crippen LogP contribution in [0.15, 0.2) is 11.6 Å². The van der Waals surface area contributed by atoms with Crippen molar-refractivity contribution in [3.8, 4) is 0 Å². The van der Waals surface area contributed by atoms with Gasteiger partial charge in [-0.25, -0.2) is 0 Å². The summed E-state index contributed by atoms with van der Waals surface area (Å²) < 4.78 is 0. The van der Waals surface area contributed by atoms with E-state index in [0.29, 0.717) is 0 Å². The second-order valence-electron chi connectivity index (χ2n) is 3.78. The minimum Gasteiger partial charge on any atom is -0.313 e. The Morgan fingerprint density at radius 2 is 2.36 bits per heavy atom. The molecular weight excluding hydrogens is 134 g/mol. The Balaban J connectivity index is 1.98. The third-order valence-corrected chi connectivity index (χ3v) is 2.88. The fourth-order valence-corrected chi connectivity index (χ4v) is 2.13. The molecule has 1 fully saturated rings. The molecule has 0 bridgehead atoms. The summed E-state index contributed by atoms with van der Waals surface area (Å²) in [4.78, 5) is 0. The number of likely N-dealkylation sites (N-methyl/N-ethyl adjacent to an activating group) is 1. The molecule has 1 heteroatoms. The fraction of sp³-hybridized carbons (Fsp3) is 0.800. The first-order chi connectivity index (χ1) is 5.42. The minimum absolute atomic E-state index is 0.734. The quantitative estimate of drug-likeness (QED) is 0.609. The van der Waals surface area contributed by atoms with Crippen LogP contribution in [0.5, 0.6) is 0 Å². The molecule has 0 spiro atoms. The molecule has 1 saturated carbocycles. The maximum absolute atomic E-state index is 3.44. The number of nitrogens with one attached hydrogen (secondary N) is 1. The SMILES string of the molecule is CNC(C1=CCCC1)C1CC1. The first kappa shape index (κ1) is 7.35. The molecule has 11 heavy (non-hydrogen) atoms. The van der Waals surface area contributed by atoms with Crippen LogP contribution in [0.4, 0.5) is 0 Å². The molecule has 0 aromatic heterocycles. The summed E-state index contributed by atoms with van der Waals surface area (Å²) in [6.45, 7) is 0. The molecule has 1 unspecified atom stereocenters. The average molecular weight is 151 g/mol. The van der Waals surface area contributed by atoms with Gasteiger partial charge in [0.2, 0.25) is 0 Å². The lowest BCUT2D eigenvalue weighted by molar-refractivity contribution is 0.556. The highest BCUT2D eigenvalue weighted by Crippen LogP contribution is 2.38. The van der Waals surface area contributed by atoms with Gasteiger partial charge in [0.1, 0.15) is 0 Å². The highest BCUT2D eigenvalue weighted by atomic mass is 14.9. The maximum Gasteiger partial charge on any atom is 0.0305 e. The van der Waals surface area contributed by atoms with Crippen molar-refractivity contribution in [1.29, 1.82) is 0 Å². The van der Waals surface area contributed by atoms with Crippen molar-refractivity contribution in [2.24, 2.45) is 5.92 Å². The highest BCUT2D eigenvalue weighted by molar-refractivity contribution is 5.18. The predicted molar refractivity (Wildman–Crippen MR) is 47.5 cm³/mol. The van der Waals surface area contributed by atoms with Gasteiger partial charge >= 0.3 is 0 Å². The molecule has 1 nitrogen and oxygen atoms in total. The van der Waals surface area contributed by atoms with Crippen LogP contribution in [0, 0.1) is 5.92 Å². The molecule has 1 atom stereocenters. The first-order valence-electron chi connectivity index (χ1n) is 4.78. The predicted octanol–water partition coefficient (Wildman–Crippen LogP) is 2.09. The van der Waals surface area contributed by atoms with Gasteiger partial charge in [0.25, 0.3) is 0 Å². The lowest BCUT2D eigenvalue weighted by atomic mass is 10.0. The Bertz CT molecular complexity index is 168. The minimum atomic E-state index is 0.734. The molecule has 2 aliphatic rings. The van der Waals surface area contributed by atoms with Crippen LogP contribution in [0.3, 0.4) is 0 Å². The van der Waals surface area contributed by atoms with Crippen molar-refractivity contribution in [1.82, 2.24) is 5.32 Å². The normalized spacial score (nSPS) is 26.8. The molecule has 0 aromatic carbocycles. The van der Waals surface area contributed by atoms with Crippen molar-refractivity contribution in [2.75, 3.05) is 7.05 Å². The van der Waals surface area contributed by atoms with E-state index in [-0.39, 0.29) is 0 Å². The highest BCUT2D eigenvalue weighted by Gasteiger charge is 2.32. The van der Waals surface area contributed by atoms with Gasteiger partial charge in [-0.3, -0.25) is 0 Å². The smallest absolute Gasteiger partial charge is 0.0305 e. The fourth-order valence-electron chi connectivity index (χ4n) is 2.13. The van der Waals surface area contributed by atoms with Gasteiger partial charge in [-0.1, -0.05) is 11.6 Å². The summed E-state index contributed by atoms with van der Waals surface area (Å²) in [5.41, 5.74) is 1.69. The molecule has 0 radical (unpaired) electrons. The van der Waals surface area contributed by atoms with Crippen LogP contribution in [-0.4, -0.2) is 13.1 Å². The summed E-state index contributed by atoms with van der Waals surface area (Å²) >= 11 is 0. The lowest BCUT2D eigenvalue weighted by Crippen LogP contribution is -2.28. The van der Waals surface area contributed by atoms with Crippen LogP contribution >= 0.6 is 0 Å². The summed E-state index contributed by atoms with van der Waals surface area (Å²) in [7, 11) is 2.10. The number of hydrogen-bond acceptors (Lipinski definition) is 1. The first-order valence-corrected chi connectivity index (χ1v) is 4.78. The largest absolute Gasteiger partial charge is 0.313 e. The van der Waals surface area contributed by atoms with Gasteiger partial charge in [0.15, 0.2) is 0 Å². The number of hydrogen-bond donors (Lipinski definition) is 1. The van der Waals surface area contributed by atoms with Gasteiger partial charge in [-0.2, -0.15) is 0 Å². The van der Waals surface area contributed by atoms with Crippen LogP contribution < -0.4 is 5.32 Å². The molecule has 1 N–H and O–H groups in total. The third-order valence-electron chi connectivity index (χ3n) is 2.88. The number of rotatable bonds is 3. The molecule has 2 rings (SSSR count). The van der Waals surface area contributed by atoms with E-state index in [4.69, 9.17) is 0 Å². The van der Waals surface area contributed by atoms with Crippen LogP contribution in [0.1, 0.15) is 32.1 Å². The summed E-state index contributed by atoms with van der Waals surface area (Å²) in [5.74, 6) is 0.976. The van der Waals surface area contributed by atoms with Gasteiger partial charge in [-0.05, 0) is 45.1 Å².